The van der Waals surface area contributed by atoms with E-state index in [1.165, 1.54) is 23.5 Å². The molecule has 4 aromatic rings. The molecule has 0 aliphatic rings. The molecule has 29 heavy (non-hydrogen) atoms. The number of nitrogens with one attached hydrogen (secondary N) is 2. The molecule has 2 heterocycles. The zero-order valence-electron chi connectivity index (χ0n) is 15.2. The molecule has 0 saturated heterocycles. The minimum Gasteiger partial charge on any atom is -0.451 e. The van der Waals surface area contributed by atoms with Crippen LogP contribution in [0.3, 0.4) is 0 Å². The number of carbonyl (C=O) groups is 2. The van der Waals surface area contributed by atoms with Gasteiger partial charge in [-0.05, 0) is 41.3 Å². The third kappa shape index (κ3) is 4.35. The molecule has 5 nitrogen and oxygen atoms in total. The number of carbonyl (C=O) groups excluding carboxylic acids is 2. The van der Waals surface area contributed by atoms with E-state index in [0.717, 1.165) is 21.3 Å². The summed E-state index contributed by atoms with van der Waals surface area (Å²) < 4.78 is 18.4. The van der Waals surface area contributed by atoms with E-state index in [0.29, 0.717) is 0 Å². The summed E-state index contributed by atoms with van der Waals surface area (Å²) in [4.78, 5) is 28.6. The first-order valence-corrected chi connectivity index (χ1v) is 9.81. The Morgan fingerprint density at radius 1 is 1.07 bits per heavy atom. The standard InChI is InChI=1S/C22H17FN2O3S/c23-16-9-7-14(8-10-16)21(19-6-3-11-29-19)25-20(26)13-28-22(27)18-12-15-4-1-2-5-17(15)24-18/h1-12,21,24H,13H2,(H,25,26). The zero-order chi connectivity index (χ0) is 20.2. The first-order valence-electron chi connectivity index (χ1n) is 8.93. The lowest BCUT2D eigenvalue weighted by atomic mass is 10.1. The van der Waals surface area contributed by atoms with Gasteiger partial charge in [-0.2, -0.15) is 0 Å². The van der Waals surface area contributed by atoms with Gasteiger partial charge in [0, 0.05) is 15.8 Å². The first kappa shape index (κ1) is 18.9. The van der Waals surface area contributed by atoms with E-state index in [1.54, 1.807) is 18.2 Å². The smallest absolute Gasteiger partial charge is 0.355 e. The lowest BCUT2D eigenvalue weighted by Gasteiger charge is -2.18. The Balaban J connectivity index is 1.42. The Labute approximate surface area is 170 Å². The molecule has 146 valence electrons. The van der Waals surface area contributed by atoms with Crippen molar-refractivity contribution in [3.63, 3.8) is 0 Å². The highest BCUT2D eigenvalue weighted by Gasteiger charge is 2.19. The average molecular weight is 408 g/mol. The summed E-state index contributed by atoms with van der Waals surface area (Å²) in [5.74, 6) is -1.40. The number of H-pyrrole nitrogens is 1. The van der Waals surface area contributed by atoms with Crippen LogP contribution in [0.2, 0.25) is 0 Å². The highest BCUT2D eigenvalue weighted by Crippen LogP contribution is 2.26. The molecule has 2 aromatic carbocycles. The number of ether oxygens (including phenoxy) is 1. The summed E-state index contributed by atoms with van der Waals surface area (Å²) in [7, 11) is 0. The Bertz CT molecular complexity index is 1100. The van der Waals surface area contributed by atoms with E-state index >= 15 is 0 Å². The Kier molecular flexibility index (Phi) is 5.39. The Morgan fingerprint density at radius 3 is 2.59 bits per heavy atom. The predicted octanol–water partition coefficient (Wildman–Crippen LogP) is 4.43. The number of aromatic amines is 1. The number of fused-ring (bicyclic) bond motifs is 1. The molecular weight excluding hydrogens is 391 g/mol. The molecule has 1 amide bonds. The summed E-state index contributed by atoms with van der Waals surface area (Å²) in [6.45, 7) is -0.419. The first-order chi connectivity index (χ1) is 14.1. The molecule has 4 rings (SSSR count). The fraction of sp³-hybridized carbons (Fsp3) is 0.0909. The summed E-state index contributed by atoms with van der Waals surface area (Å²) in [5.41, 5.74) is 1.84. The molecule has 0 aliphatic heterocycles. The van der Waals surface area contributed by atoms with E-state index < -0.39 is 24.5 Å². The minimum absolute atomic E-state index is 0.285. The SMILES string of the molecule is O=C(COC(=O)c1cc2ccccc2[nH]1)NC(c1ccc(F)cc1)c1cccs1. The monoisotopic (exact) mass is 408 g/mol. The van der Waals surface area contributed by atoms with Gasteiger partial charge in [0.1, 0.15) is 11.5 Å². The van der Waals surface area contributed by atoms with Crippen LogP contribution in [0.4, 0.5) is 4.39 Å². The molecule has 0 spiro atoms. The second kappa shape index (κ2) is 8.28. The quantitative estimate of drug-likeness (QED) is 0.464. The number of rotatable bonds is 6. The number of amides is 1. The van der Waals surface area contributed by atoms with E-state index in [9.17, 15) is 14.0 Å². The fourth-order valence-corrected chi connectivity index (χ4v) is 3.83. The van der Waals surface area contributed by atoms with E-state index in [1.807, 2.05) is 41.8 Å². The molecule has 0 saturated carbocycles. The lowest BCUT2D eigenvalue weighted by molar-refractivity contribution is -0.124. The molecule has 7 heteroatoms. The van der Waals surface area contributed by atoms with E-state index in [-0.39, 0.29) is 11.5 Å². The summed E-state index contributed by atoms with van der Waals surface area (Å²) in [5, 5.41) is 5.63. The van der Waals surface area contributed by atoms with Crippen molar-refractivity contribution < 1.29 is 18.7 Å². The van der Waals surface area contributed by atoms with Gasteiger partial charge >= 0.3 is 5.97 Å². The van der Waals surface area contributed by atoms with Crippen LogP contribution in [-0.4, -0.2) is 23.5 Å². The highest BCUT2D eigenvalue weighted by atomic mass is 32.1. The van der Waals surface area contributed by atoms with Crippen molar-refractivity contribution in [1.82, 2.24) is 10.3 Å². The van der Waals surface area contributed by atoms with Crippen molar-refractivity contribution in [3.05, 3.63) is 94.1 Å². The van der Waals surface area contributed by atoms with Gasteiger partial charge in [-0.1, -0.05) is 36.4 Å². The molecule has 0 aliphatic carbocycles. The normalized spacial score (nSPS) is 11.9. The van der Waals surface area contributed by atoms with Gasteiger partial charge in [-0.25, -0.2) is 9.18 Å². The van der Waals surface area contributed by atoms with Crippen molar-refractivity contribution in [2.45, 2.75) is 6.04 Å². The van der Waals surface area contributed by atoms with E-state index in [2.05, 4.69) is 10.3 Å². The lowest BCUT2D eigenvalue weighted by Crippen LogP contribution is -2.32. The maximum absolute atomic E-state index is 13.3. The van der Waals surface area contributed by atoms with Crippen LogP contribution in [0.1, 0.15) is 27.0 Å². The van der Waals surface area contributed by atoms with Gasteiger partial charge < -0.3 is 15.0 Å². The number of hydrogen-bond donors (Lipinski definition) is 2. The Morgan fingerprint density at radius 2 is 1.86 bits per heavy atom. The van der Waals surface area contributed by atoms with Crippen molar-refractivity contribution in [2.24, 2.45) is 0 Å². The number of esters is 1. The van der Waals surface area contributed by atoms with Crippen molar-refractivity contribution >= 4 is 34.1 Å². The number of halogens is 1. The largest absolute Gasteiger partial charge is 0.451 e. The second-order valence-corrected chi connectivity index (χ2v) is 7.39. The topological polar surface area (TPSA) is 71.2 Å². The van der Waals surface area contributed by atoms with Crippen LogP contribution in [0, 0.1) is 5.82 Å². The van der Waals surface area contributed by atoms with Gasteiger partial charge in [0.2, 0.25) is 0 Å². The molecular formula is C22H17FN2O3S. The average Bonchev–Trinajstić information content (AvgIpc) is 3.40. The van der Waals surface area contributed by atoms with Gasteiger partial charge in [0.25, 0.3) is 5.91 Å². The summed E-state index contributed by atoms with van der Waals surface area (Å²) in [6.07, 6.45) is 0. The third-order valence-electron chi connectivity index (χ3n) is 4.42. The van der Waals surface area contributed by atoms with Crippen molar-refractivity contribution in [2.75, 3.05) is 6.61 Å². The molecule has 0 bridgehead atoms. The van der Waals surface area contributed by atoms with Gasteiger partial charge in [0.05, 0.1) is 6.04 Å². The number of benzene rings is 2. The van der Waals surface area contributed by atoms with Crippen molar-refractivity contribution in [3.8, 4) is 0 Å². The van der Waals surface area contributed by atoms with Gasteiger partial charge in [-0.15, -0.1) is 11.3 Å². The summed E-state index contributed by atoms with van der Waals surface area (Å²) in [6, 6.07) is 18.4. The maximum atomic E-state index is 13.3. The zero-order valence-corrected chi connectivity index (χ0v) is 16.0. The minimum atomic E-state index is -0.606. The molecule has 0 radical (unpaired) electrons. The number of thiophene rings is 1. The molecule has 2 N–H and O–H groups in total. The Hall–Kier alpha value is -3.45. The summed E-state index contributed by atoms with van der Waals surface area (Å²) >= 11 is 1.47. The highest BCUT2D eigenvalue weighted by molar-refractivity contribution is 7.10. The maximum Gasteiger partial charge on any atom is 0.355 e. The molecule has 1 atom stereocenters. The van der Waals surface area contributed by atoms with Crippen LogP contribution in [0.15, 0.2) is 72.1 Å². The molecule has 2 aromatic heterocycles. The van der Waals surface area contributed by atoms with Crippen LogP contribution in [0.5, 0.6) is 0 Å². The molecule has 0 fully saturated rings. The second-order valence-electron chi connectivity index (χ2n) is 6.41. The van der Waals surface area contributed by atoms with Crippen molar-refractivity contribution in [1.29, 1.82) is 0 Å². The van der Waals surface area contributed by atoms with Gasteiger partial charge in [0.15, 0.2) is 6.61 Å². The van der Waals surface area contributed by atoms with Crippen LogP contribution >= 0.6 is 11.3 Å². The van der Waals surface area contributed by atoms with Crippen LogP contribution in [0.25, 0.3) is 10.9 Å². The predicted molar refractivity (Wildman–Crippen MR) is 109 cm³/mol. The number of hydrogen-bond acceptors (Lipinski definition) is 4. The van der Waals surface area contributed by atoms with Crippen LogP contribution in [-0.2, 0) is 9.53 Å². The fourth-order valence-electron chi connectivity index (χ4n) is 3.02. The van der Waals surface area contributed by atoms with Crippen LogP contribution < -0.4 is 5.32 Å². The van der Waals surface area contributed by atoms with E-state index in [4.69, 9.17) is 4.74 Å². The number of aromatic nitrogens is 1. The number of para-hydroxylation sites is 1. The van der Waals surface area contributed by atoms with Gasteiger partial charge in [-0.3, -0.25) is 4.79 Å². The molecule has 1 unspecified atom stereocenters. The third-order valence-corrected chi connectivity index (χ3v) is 5.36.